The lowest BCUT2D eigenvalue weighted by molar-refractivity contribution is 0.511. The molecule has 17 heavy (non-hydrogen) atoms. The highest BCUT2D eigenvalue weighted by Crippen LogP contribution is 2.17. The lowest BCUT2D eigenvalue weighted by Crippen LogP contribution is -2.32. The molecule has 0 saturated carbocycles. The molecule has 1 aromatic rings. The van der Waals surface area contributed by atoms with Crippen LogP contribution in [0.4, 0.5) is 0 Å². The zero-order valence-corrected chi connectivity index (χ0v) is 12.6. The van der Waals surface area contributed by atoms with Gasteiger partial charge in [0, 0.05) is 5.41 Å². The van der Waals surface area contributed by atoms with E-state index in [9.17, 15) is 4.79 Å². The lowest BCUT2D eigenvalue weighted by Gasteiger charge is -2.16. The van der Waals surface area contributed by atoms with E-state index in [1.54, 1.807) is 0 Å². The van der Waals surface area contributed by atoms with Crippen molar-refractivity contribution in [3.63, 3.8) is 0 Å². The van der Waals surface area contributed by atoms with Crippen LogP contribution in [-0.4, -0.2) is 33.6 Å². The van der Waals surface area contributed by atoms with Crippen LogP contribution in [0.1, 0.15) is 26.5 Å². The Kier molecular flexibility index (Phi) is 4.48. The SMILES string of the molecule is CSc1nnc(C(C)(C)C)c(=O)n1N=S(C)C. The van der Waals surface area contributed by atoms with Gasteiger partial charge in [-0.3, -0.25) is 4.79 Å². The van der Waals surface area contributed by atoms with Gasteiger partial charge in [-0.1, -0.05) is 43.2 Å². The molecular weight excluding hydrogens is 256 g/mol. The van der Waals surface area contributed by atoms with Gasteiger partial charge >= 0.3 is 0 Å². The van der Waals surface area contributed by atoms with E-state index in [-0.39, 0.29) is 21.7 Å². The molecule has 7 heteroatoms. The van der Waals surface area contributed by atoms with Crippen molar-refractivity contribution >= 4 is 22.5 Å². The molecule has 0 aliphatic rings. The summed E-state index contributed by atoms with van der Waals surface area (Å²) in [4.78, 5) is 12.3. The third-order valence-electron chi connectivity index (χ3n) is 1.95. The molecule has 0 saturated heterocycles. The summed E-state index contributed by atoms with van der Waals surface area (Å²) < 4.78 is 5.69. The molecule has 0 aliphatic carbocycles. The average Bonchev–Trinajstić information content (AvgIpc) is 2.18. The number of thioether (sulfide) groups is 1. The van der Waals surface area contributed by atoms with Crippen LogP contribution in [0, 0.1) is 0 Å². The van der Waals surface area contributed by atoms with Crippen molar-refractivity contribution in [1.29, 1.82) is 0 Å². The van der Waals surface area contributed by atoms with E-state index in [1.807, 2.05) is 39.5 Å². The number of aromatic nitrogens is 3. The first-order chi connectivity index (χ1) is 7.77. The summed E-state index contributed by atoms with van der Waals surface area (Å²) in [6, 6.07) is 0. The van der Waals surface area contributed by atoms with E-state index in [2.05, 4.69) is 14.7 Å². The van der Waals surface area contributed by atoms with E-state index < -0.39 is 0 Å². The maximum Gasteiger partial charge on any atom is 0.297 e. The zero-order chi connectivity index (χ0) is 13.2. The molecule has 1 heterocycles. The standard InChI is InChI=1S/C10H18N4OS2/c1-10(2,3)7-8(15)14(13-17(5)6)9(16-4)12-11-7/h1-6H3. The fraction of sp³-hybridized carbons (Fsp3) is 0.700. The van der Waals surface area contributed by atoms with Gasteiger partial charge in [0.2, 0.25) is 5.16 Å². The van der Waals surface area contributed by atoms with Crippen molar-refractivity contribution in [3.8, 4) is 0 Å². The van der Waals surface area contributed by atoms with Gasteiger partial charge in [-0.15, -0.1) is 14.7 Å². The van der Waals surface area contributed by atoms with Crippen LogP contribution in [0.3, 0.4) is 0 Å². The molecular formula is C10H18N4OS2. The van der Waals surface area contributed by atoms with Crippen LogP contribution >= 0.6 is 11.8 Å². The minimum Gasteiger partial charge on any atom is -0.265 e. The smallest absolute Gasteiger partial charge is 0.265 e. The summed E-state index contributed by atoms with van der Waals surface area (Å²) in [6.07, 6.45) is 5.76. The first kappa shape index (κ1) is 14.4. The van der Waals surface area contributed by atoms with E-state index in [1.165, 1.54) is 16.4 Å². The van der Waals surface area contributed by atoms with Crippen molar-refractivity contribution in [2.24, 2.45) is 4.47 Å². The highest BCUT2D eigenvalue weighted by molar-refractivity contribution is 7.98. The molecule has 0 aliphatic heterocycles. The minimum absolute atomic E-state index is 0.168. The maximum absolute atomic E-state index is 12.3. The molecule has 0 spiro atoms. The van der Waals surface area contributed by atoms with E-state index in [4.69, 9.17) is 0 Å². The zero-order valence-electron chi connectivity index (χ0n) is 11.0. The molecule has 1 aromatic heterocycles. The largest absolute Gasteiger partial charge is 0.297 e. The van der Waals surface area contributed by atoms with Gasteiger partial charge in [0.05, 0.1) is 0 Å². The minimum atomic E-state index is -0.321. The van der Waals surface area contributed by atoms with Gasteiger partial charge < -0.3 is 0 Å². The third-order valence-corrected chi connectivity index (χ3v) is 3.06. The Morgan fingerprint density at radius 2 is 1.88 bits per heavy atom. The molecule has 0 radical (unpaired) electrons. The van der Waals surface area contributed by atoms with Crippen LogP contribution < -0.4 is 5.56 Å². The molecule has 0 atom stereocenters. The normalized spacial score (nSPS) is 11.9. The van der Waals surface area contributed by atoms with Crippen LogP contribution in [0.5, 0.6) is 0 Å². The third kappa shape index (κ3) is 3.38. The van der Waals surface area contributed by atoms with Crippen LogP contribution in [0.25, 0.3) is 0 Å². The molecule has 0 aromatic carbocycles. The van der Waals surface area contributed by atoms with E-state index >= 15 is 0 Å². The number of nitrogens with zero attached hydrogens (tertiary/aromatic N) is 4. The van der Waals surface area contributed by atoms with Gasteiger partial charge in [-0.25, -0.2) is 0 Å². The second-order valence-corrected chi connectivity index (χ2v) is 7.24. The summed E-state index contributed by atoms with van der Waals surface area (Å²) in [6.45, 7) is 5.83. The lowest BCUT2D eigenvalue weighted by atomic mass is 9.93. The second kappa shape index (κ2) is 5.30. The molecule has 0 bridgehead atoms. The van der Waals surface area contributed by atoms with Gasteiger partial charge in [-0.2, -0.15) is 4.68 Å². The first-order valence-corrected chi connectivity index (χ1v) is 8.33. The van der Waals surface area contributed by atoms with Crippen molar-refractivity contribution in [2.45, 2.75) is 31.3 Å². The summed E-state index contributed by atoms with van der Waals surface area (Å²) in [5.41, 5.74) is -0.0409. The number of hydrogen-bond donors (Lipinski definition) is 0. The fourth-order valence-electron chi connectivity index (χ4n) is 1.20. The van der Waals surface area contributed by atoms with Gasteiger partial charge in [0.25, 0.3) is 5.56 Å². The topological polar surface area (TPSA) is 60.1 Å². The number of hydrogen-bond acceptors (Lipinski definition) is 5. The fourth-order valence-corrected chi connectivity index (χ4v) is 2.15. The van der Waals surface area contributed by atoms with Gasteiger partial charge in [0.15, 0.2) is 0 Å². The van der Waals surface area contributed by atoms with Gasteiger partial charge in [0.1, 0.15) is 5.69 Å². The maximum atomic E-state index is 12.3. The number of rotatable bonds is 2. The van der Waals surface area contributed by atoms with Crippen molar-refractivity contribution < 1.29 is 0 Å². The Morgan fingerprint density at radius 1 is 1.29 bits per heavy atom. The molecule has 0 unspecified atom stereocenters. The molecule has 1 rings (SSSR count). The Morgan fingerprint density at radius 3 is 2.29 bits per heavy atom. The second-order valence-electron chi connectivity index (χ2n) is 4.76. The van der Waals surface area contributed by atoms with Crippen LogP contribution in [-0.2, 0) is 16.1 Å². The average molecular weight is 274 g/mol. The van der Waals surface area contributed by atoms with E-state index in [0.29, 0.717) is 10.9 Å². The van der Waals surface area contributed by atoms with Crippen LogP contribution in [0.2, 0.25) is 0 Å². The summed E-state index contributed by atoms with van der Waals surface area (Å²) in [7, 11) is -0.217. The molecule has 0 fully saturated rings. The summed E-state index contributed by atoms with van der Waals surface area (Å²) >= 11 is 1.37. The summed E-state index contributed by atoms with van der Waals surface area (Å²) in [5, 5.41) is 8.62. The van der Waals surface area contributed by atoms with Crippen LogP contribution in [0.15, 0.2) is 14.4 Å². The highest BCUT2D eigenvalue weighted by Gasteiger charge is 2.23. The van der Waals surface area contributed by atoms with Gasteiger partial charge in [-0.05, 0) is 18.8 Å². The van der Waals surface area contributed by atoms with Crippen molar-refractivity contribution in [3.05, 3.63) is 16.0 Å². The predicted molar refractivity (Wildman–Crippen MR) is 73.8 cm³/mol. The van der Waals surface area contributed by atoms with E-state index in [0.717, 1.165) is 0 Å². The quantitative estimate of drug-likeness (QED) is 0.767. The predicted octanol–water partition coefficient (Wildman–Crippen LogP) is 1.48. The molecule has 5 nitrogen and oxygen atoms in total. The monoisotopic (exact) mass is 274 g/mol. The first-order valence-electron chi connectivity index (χ1n) is 5.11. The Labute approximate surface area is 108 Å². The van der Waals surface area contributed by atoms with Crippen molar-refractivity contribution in [1.82, 2.24) is 14.9 Å². The van der Waals surface area contributed by atoms with Crippen molar-refractivity contribution in [2.75, 3.05) is 18.8 Å². The highest BCUT2D eigenvalue weighted by atomic mass is 32.2. The summed E-state index contributed by atoms with van der Waals surface area (Å²) in [5.74, 6) is 0. The Bertz CT molecular complexity index is 498. The molecule has 0 N–H and O–H groups in total. The Hall–Kier alpha value is -0.690. The molecule has 0 amide bonds. The molecule has 96 valence electrons. The Balaban J connectivity index is 3.55.